The lowest BCUT2D eigenvalue weighted by Gasteiger charge is -2.34. The van der Waals surface area contributed by atoms with Crippen molar-refractivity contribution in [2.75, 3.05) is 25.0 Å². The van der Waals surface area contributed by atoms with E-state index in [0.29, 0.717) is 0 Å². The van der Waals surface area contributed by atoms with Crippen molar-refractivity contribution >= 4 is 39.1 Å². The van der Waals surface area contributed by atoms with Crippen molar-refractivity contribution in [3.63, 3.8) is 0 Å². The summed E-state index contributed by atoms with van der Waals surface area (Å²) in [5.41, 5.74) is 3.67. The highest BCUT2D eigenvalue weighted by Gasteiger charge is 2.35. The molecule has 8 nitrogen and oxygen atoms in total. The van der Waals surface area contributed by atoms with Gasteiger partial charge in [-0.15, -0.1) is 0 Å². The van der Waals surface area contributed by atoms with Crippen molar-refractivity contribution in [3.05, 3.63) is 124 Å². The van der Waals surface area contributed by atoms with Crippen LogP contribution in [0.5, 0.6) is 5.75 Å². The van der Waals surface area contributed by atoms with Gasteiger partial charge in [-0.05, 0) is 55.3 Å². The average molecular weight is 634 g/mol. The molecule has 4 aromatic rings. The van der Waals surface area contributed by atoms with Gasteiger partial charge >= 0.3 is 0 Å². The lowest BCUT2D eigenvalue weighted by Crippen LogP contribution is -2.53. The Morgan fingerprint density at radius 2 is 1.48 bits per heavy atom. The monoisotopic (exact) mass is 633 g/mol. The van der Waals surface area contributed by atoms with E-state index in [1.807, 2.05) is 68.4 Å². The molecule has 0 aliphatic rings. The highest BCUT2D eigenvalue weighted by Crippen LogP contribution is 2.35. The summed E-state index contributed by atoms with van der Waals surface area (Å²) >= 11 is 6.33. The molecule has 0 unspecified atom stereocenters. The Balaban J connectivity index is 1.83. The summed E-state index contributed by atoms with van der Waals surface area (Å²) in [6.07, 6.45) is 0.226. The first kappa shape index (κ1) is 32.6. The van der Waals surface area contributed by atoms with Crippen molar-refractivity contribution in [1.82, 2.24) is 10.2 Å². The van der Waals surface area contributed by atoms with Crippen LogP contribution in [0, 0.1) is 13.8 Å². The van der Waals surface area contributed by atoms with E-state index in [9.17, 15) is 18.0 Å². The smallest absolute Gasteiger partial charge is 0.264 e. The first-order valence-corrected chi connectivity index (χ1v) is 15.9. The molecule has 0 aliphatic carbocycles. The number of aryl methyl sites for hydroxylation is 2. The van der Waals surface area contributed by atoms with Gasteiger partial charge in [-0.2, -0.15) is 0 Å². The van der Waals surface area contributed by atoms with Crippen LogP contribution >= 0.6 is 11.6 Å². The summed E-state index contributed by atoms with van der Waals surface area (Å²) < 4.78 is 34.9. The van der Waals surface area contributed by atoms with Crippen LogP contribution in [-0.2, 0) is 32.6 Å². The Bertz CT molecular complexity index is 1700. The largest absolute Gasteiger partial charge is 0.495 e. The highest BCUT2D eigenvalue weighted by molar-refractivity contribution is 7.92. The maximum atomic E-state index is 14.4. The number of benzene rings is 4. The first-order valence-electron chi connectivity index (χ1n) is 14.1. The number of likely N-dealkylation sites (N-methyl/N-ethyl adjacent to an activating group) is 1. The van der Waals surface area contributed by atoms with Crippen molar-refractivity contribution in [3.8, 4) is 5.75 Å². The Morgan fingerprint density at radius 3 is 2.07 bits per heavy atom. The summed E-state index contributed by atoms with van der Waals surface area (Å²) in [5, 5.41) is 2.95. The van der Waals surface area contributed by atoms with Gasteiger partial charge in [0.1, 0.15) is 18.3 Å². The second-order valence-corrected chi connectivity index (χ2v) is 12.8. The van der Waals surface area contributed by atoms with Crippen LogP contribution in [0.25, 0.3) is 0 Å². The van der Waals surface area contributed by atoms with Gasteiger partial charge in [0, 0.05) is 25.0 Å². The van der Waals surface area contributed by atoms with Gasteiger partial charge in [0.25, 0.3) is 10.0 Å². The highest BCUT2D eigenvalue weighted by atomic mass is 35.5. The zero-order chi connectivity index (χ0) is 31.9. The molecule has 10 heteroatoms. The zero-order valence-electron chi connectivity index (χ0n) is 25.2. The number of carbonyl (C=O) groups excluding carboxylic acids is 2. The zero-order valence-corrected chi connectivity index (χ0v) is 26.7. The molecule has 4 aromatic carbocycles. The van der Waals surface area contributed by atoms with Crippen LogP contribution in [0.4, 0.5) is 5.69 Å². The number of hydrogen-bond acceptors (Lipinski definition) is 5. The fraction of sp³-hybridized carbons (Fsp3) is 0.235. The summed E-state index contributed by atoms with van der Waals surface area (Å²) in [6.45, 7) is 3.28. The molecule has 44 heavy (non-hydrogen) atoms. The van der Waals surface area contributed by atoms with Crippen LogP contribution in [0.2, 0.25) is 5.02 Å². The molecule has 0 fully saturated rings. The normalized spacial score (nSPS) is 11.8. The number of carbonyl (C=O) groups is 2. The fourth-order valence-electron chi connectivity index (χ4n) is 4.82. The van der Waals surface area contributed by atoms with E-state index in [2.05, 4.69) is 5.32 Å². The van der Waals surface area contributed by atoms with E-state index in [1.165, 1.54) is 37.3 Å². The lowest BCUT2D eigenvalue weighted by atomic mass is 10.0. The van der Waals surface area contributed by atoms with Crippen LogP contribution in [0.3, 0.4) is 0 Å². The van der Waals surface area contributed by atoms with E-state index < -0.39 is 28.5 Å². The molecule has 230 valence electrons. The van der Waals surface area contributed by atoms with Crippen LogP contribution in [-0.4, -0.2) is 51.9 Å². The van der Waals surface area contributed by atoms with Crippen molar-refractivity contribution < 1.29 is 22.7 Å². The molecule has 1 N–H and O–H groups in total. The van der Waals surface area contributed by atoms with Crippen LogP contribution < -0.4 is 14.4 Å². The predicted octanol–water partition coefficient (Wildman–Crippen LogP) is 5.55. The Labute approximate surface area is 264 Å². The molecule has 4 rings (SSSR count). The average Bonchev–Trinajstić information content (AvgIpc) is 3.02. The maximum absolute atomic E-state index is 14.4. The third-order valence-electron chi connectivity index (χ3n) is 7.29. The number of hydrogen-bond donors (Lipinski definition) is 1. The number of ether oxygens (including phenoxy) is 1. The van der Waals surface area contributed by atoms with E-state index >= 15 is 0 Å². The quantitative estimate of drug-likeness (QED) is 0.221. The molecule has 0 saturated heterocycles. The molecular formula is C34H36ClN3O5S. The summed E-state index contributed by atoms with van der Waals surface area (Å²) in [6, 6.07) is 27.0. The standard InChI is InChI=1S/C34H36ClN3O5S/c1-24-10-14-27(15-11-24)22-37(31(34(40)36-3)20-26-8-6-5-7-9-26)33(39)23-38(30-21-28(35)16-19-32(30)43-4)44(41,42)29-17-12-25(2)13-18-29/h5-19,21,31H,20,22-23H2,1-4H3,(H,36,40)/t31-/m1/s1. The Kier molecular flexibility index (Phi) is 10.7. The fourth-order valence-corrected chi connectivity index (χ4v) is 6.40. The van der Waals surface area contributed by atoms with Crippen LogP contribution in [0.1, 0.15) is 22.3 Å². The molecule has 0 heterocycles. The summed E-state index contributed by atoms with van der Waals surface area (Å²) in [4.78, 5) is 29.2. The van der Waals surface area contributed by atoms with E-state index in [0.717, 1.165) is 26.6 Å². The Hall–Kier alpha value is -4.34. The van der Waals surface area contributed by atoms with Gasteiger partial charge < -0.3 is 15.0 Å². The van der Waals surface area contributed by atoms with Crippen LogP contribution in [0.15, 0.2) is 102 Å². The van der Waals surface area contributed by atoms with Gasteiger partial charge in [-0.1, -0.05) is 89.5 Å². The molecule has 1 atom stereocenters. The molecule has 0 saturated carbocycles. The first-order chi connectivity index (χ1) is 21.0. The number of halogens is 1. The minimum absolute atomic E-state index is 0.00449. The van der Waals surface area contributed by atoms with Gasteiger partial charge in [0.15, 0.2) is 0 Å². The second-order valence-electron chi connectivity index (χ2n) is 10.5. The molecule has 0 aromatic heterocycles. The van der Waals surface area contributed by atoms with Crippen molar-refractivity contribution in [2.24, 2.45) is 0 Å². The number of nitrogens with one attached hydrogen (secondary N) is 1. The van der Waals surface area contributed by atoms with Crippen molar-refractivity contribution in [1.29, 1.82) is 0 Å². The molecular weight excluding hydrogens is 598 g/mol. The number of sulfonamides is 1. The minimum atomic E-state index is -4.29. The van der Waals surface area contributed by atoms with E-state index in [4.69, 9.17) is 16.3 Å². The van der Waals surface area contributed by atoms with Crippen molar-refractivity contribution in [2.45, 2.75) is 37.8 Å². The van der Waals surface area contributed by atoms with Gasteiger partial charge in [0.2, 0.25) is 11.8 Å². The number of anilines is 1. The molecule has 0 spiro atoms. The number of methoxy groups -OCH3 is 1. The molecule has 0 radical (unpaired) electrons. The Morgan fingerprint density at radius 1 is 0.864 bits per heavy atom. The number of amides is 2. The number of rotatable bonds is 12. The van der Waals surface area contributed by atoms with E-state index in [1.54, 1.807) is 24.3 Å². The van der Waals surface area contributed by atoms with Gasteiger partial charge in [0.05, 0.1) is 17.7 Å². The summed E-state index contributed by atoms with van der Waals surface area (Å²) in [5.74, 6) is -0.731. The third kappa shape index (κ3) is 7.78. The molecule has 0 aliphatic heterocycles. The maximum Gasteiger partial charge on any atom is 0.264 e. The SMILES string of the molecule is CNC(=O)[C@@H](Cc1ccccc1)N(Cc1ccc(C)cc1)C(=O)CN(c1cc(Cl)ccc1OC)S(=O)(=O)c1ccc(C)cc1. The topological polar surface area (TPSA) is 96.0 Å². The lowest BCUT2D eigenvalue weighted by molar-refractivity contribution is -0.139. The second kappa shape index (κ2) is 14.4. The van der Waals surface area contributed by atoms with Gasteiger partial charge in [-0.3, -0.25) is 13.9 Å². The summed E-state index contributed by atoms with van der Waals surface area (Å²) in [7, 11) is -1.36. The van der Waals surface area contributed by atoms with Gasteiger partial charge in [-0.25, -0.2) is 8.42 Å². The third-order valence-corrected chi connectivity index (χ3v) is 9.30. The number of nitrogens with zero attached hydrogens (tertiary/aromatic N) is 2. The predicted molar refractivity (Wildman–Crippen MR) is 173 cm³/mol. The van der Waals surface area contributed by atoms with E-state index in [-0.39, 0.29) is 40.2 Å². The minimum Gasteiger partial charge on any atom is -0.495 e. The molecule has 2 amide bonds. The molecule has 0 bridgehead atoms.